The smallest absolute Gasteiger partial charge is 0.140 e. The predicted octanol–water partition coefficient (Wildman–Crippen LogP) is 5.34. The molecule has 1 saturated heterocycles. The normalized spacial score (nSPS) is 15.0. The maximum Gasteiger partial charge on any atom is 0.140 e. The zero-order valence-electron chi connectivity index (χ0n) is 16.3. The van der Waals surface area contributed by atoms with Crippen molar-refractivity contribution in [3.05, 3.63) is 60.7 Å². The molecule has 0 saturated carbocycles. The van der Waals surface area contributed by atoms with Crippen LogP contribution < -0.4 is 4.90 Å². The monoisotopic (exact) mass is 358 g/mol. The van der Waals surface area contributed by atoms with E-state index in [2.05, 4.69) is 68.1 Å². The fraction of sp³-hybridized carbons (Fsp3) is 0.333. The first-order valence-electron chi connectivity index (χ1n) is 9.64. The predicted molar refractivity (Wildman–Crippen MR) is 112 cm³/mol. The van der Waals surface area contributed by atoms with E-state index in [9.17, 15) is 4.79 Å². The van der Waals surface area contributed by atoms with Crippen molar-refractivity contribution in [3.63, 3.8) is 0 Å². The van der Waals surface area contributed by atoms with Gasteiger partial charge < -0.3 is 4.90 Å². The van der Waals surface area contributed by atoms with E-state index in [0.29, 0.717) is 12.2 Å². The van der Waals surface area contributed by atoms with Crippen molar-refractivity contribution in [1.82, 2.24) is 4.98 Å². The Kier molecular flexibility index (Phi) is 4.47. The van der Waals surface area contributed by atoms with Gasteiger partial charge in [0.05, 0.1) is 11.6 Å². The largest absolute Gasteiger partial charge is 0.354 e. The van der Waals surface area contributed by atoms with Gasteiger partial charge in [-0.15, -0.1) is 0 Å². The summed E-state index contributed by atoms with van der Waals surface area (Å²) in [6.45, 7) is 7.91. The van der Waals surface area contributed by atoms with Crippen LogP contribution in [0.2, 0.25) is 0 Å². The Bertz CT molecular complexity index is 967. The van der Waals surface area contributed by atoms with Crippen molar-refractivity contribution >= 4 is 22.4 Å². The molecule has 2 aromatic carbocycles. The molecule has 0 amide bonds. The first kappa shape index (κ1) is 17.7. The molecule has 0 unspecified atom stereocenters. The first-order chi connectivity index (χ1) is 12.9. The summed E-state index contributed by atoms with van der Waals surface area (Å²) in [5.74, 6) is 1.50. The number of fused-ring (bicyclic) bond motifs is 1. The maximum atomic E-state index is 12.5. The Labute approximate surface area is 161 Å². The summed E-state index contributed by atoms with van der Waals surface area (Å²) in [7, 11) is 0. The van der Waals surface area contributed by atoms with Gasteiger partial charge in [0, 0.05) is 30.5 Å². The molecule has 0 atom stereocenters. The number of hydrogen-bond acceptors (Lipinski definition) is 3. The van der Waals surface area contributed by atoms with Crippen LogP contribution in [0.1, 0.15) is 27.2 Å². The molecule has 3 heteroatoms. The standard InChI is InChI=1S/C24H26N2O/c1-24(2,3)14-22(27)19-15-26(16-19)23-20-12-8-7-11-18(20)13-21(25-23)17-9-5-4-6-10-17/h4-13,19H,14-16H2,1-3H3. The zero-order chi connectivity index (χ0) is 19.0. The molecule has 1 aliphatic rings. The SMILES string of the molecule is CC(C)(C)CC(=O)C1CN(c2nc(-c3ccccc3)cc3ccccc23)C1. The van der Waals surface area contributed by atoms with Gasteiger partial charge in [-0.1, -0.05) is 75.4 Å². The van der Waals surface area contributed by atoms with E-state index in [1.807, 2.05) is 18.2 Å². The van der Waals surface area contributed by atoms with Crippen molar-refractivity contribution in [2.45, 2.75) is 27.2 Å². The lowest BCUT2D eigenvalue weighted by Gasteiger charge is -2.40. The van der Waals surface area contributed by atoms with Crippen LogP contribution in [0.15, 0.2) is 60.7 Å². The summed E-state index contributed by atoms with van der Waals surface area (Å²) >= 11 is 0. The molecule has 2 heterocycles. The molecule has 0 spiro atoms. The third kappa shape index (κ3) is 3.73. The molecule has 138 valence electrons. The number of pyridine rings is 1. The fourth-order valence-corrected chi connectivity index (χ4v) is 3.70. The Morgan fingerprint density at radius 3 is 2.41 bits per heavy atom. The summed E-state index contributed by atoms with van der Waals surface area (Å²) in [5, 5.41) is 2.34. The van der Waals surface area contributed by atoms with E-state index in [1.165, 1.54) is 5.39 Å². The van der Waals surface area contributed by atoms with E-state index in [-0.39, 0.29) is 11.3 Å². The van der Waals surface area contributed by atoms with Crippen molar-refractivity contribution < 1.29 is 4.79 Å². The van der Waals surface area contributed by atoms with Crippen LogP contribution in [0.4, 0.5) is 5.82 Å². The van der Waals surface area contributed by atoms with E-state index >= 15 is 0 Å². The second kappa shape index (κ2) is 6.80. The third-order valence-electron chi connectivity index (χ3n) is 5.13. The molecule has 3 aromatic rings. The van der Waals surface area contributed by atoms with Crippen LogP contribution in [0.3, 0.4) is 0 Å². The minimum atomic E-state index is 0.0513. The quantitative estimate of drug-likeness (QED) is 0.631. The number of carbonyl (C=O) groups excluding carboxylic acids is 1. The zero-order valence-corrected chi connectivity index (χ0v) is 16.3. The lowest BCUT2D eigenvalue weighted by Crippen LogP contribution is -2.51. The molecule has 1 aliphatic heterocycles. The average molecular weight is 358 g/mol. The van der Waals surface area contributed by atoms with Gasteiger partial charge in [-0.3, -0.25) is 4.79 Å². The van der Waals surface area contributed by atoms with E-state index in [4.69, 9.17) is 4.98 Å². The Morgan fingerprint density at radius 1 is 1.04 bits per heavy atom. The van der Waals surface area contributed by atoms with Crippen LogP contribution in [0.5, 0.6) is 0 Å². The second-order valence-corrected chi connectivity index (χ2v) is 8.72. The van der Waals surface area contributed by atoms with Crippen molar-refractivity contribution in [3.8, 4) is 11.3 Å². The lowest BCUT2D eigenvalue weighted by atomic mass is 9.83. The van der Waals surface area contributed by atoms with Crippen molar-refractivity contribution in [1.29, 1.82) is 0 Å². The molecule has 4 rings (SSSR count). The number of hydrogen-bond donors (Lipinski definition) is 0. The van der Waals surface area contributed by atoms with Gasteiger partial charge in [0.2, 0.25) is 0 Å². The number of ketones is 1. The number of rotatable bonds is 4. The number of benzene rings is 2. The number of Topliss-reactive ketones (excluding diaryl/α,β-unsaturated/α-hetero) is 1. The number of aromatic nitrogens is 1. The van der Waals surface area contributed by atoms with E-state index in [0.717, 1.165) is 35.6 Å². The summed E-state index contributed by atoms with van der Waals surface area (Å²) in [6.07, 6.45) is 0.643. The molecule has 27 heavy (non-hydrogen) atoms. The average Bonchev–Trinajstić information content (AvgIpc) is 2.59. The van der Waals surface area contributed by atoms with Crippen LogP contribution in [-0.2, 0) is 4.79 Å². The minimum Gasteiger partial charge on any atom is -0.354 e. The molecule has 1 aromatic heterocycles. The van der Waals surface area contributed by atoms with Crippen LogP contribution in [0.25, 0.3) is 22.0 Å². The summed E-state index contributed by atoms with van der Waals surface area (Å²) < 4.78 is 0. The lowest BCUT2D eigenvalue weighted by molar-refractivity contribution is -0.125. The highest BCUT2D eigenvalue weighted by Gasteiger charge is 2.35. The van der Waals surface area contributed by atoms with E-state index in [1.54, 1.807) is 0 Å². The summed E-state index contributed by atoms with van der Waals surface area (Å²) in [6, 6.07) is 20.8. The van der Waals surface area contributed by atoms with Crippen molar-refractivity contribution in [2.24, 2.45) is 11.3 Å². The summed E-state index contributed by atoms with van der Waals surface area (Å²) in [4.78, 5) is 19.7. The van der Waals surface area contributed by atoms with Gasteiger partial charge in [0.1, 0.15) is 11.6 Å². The Morgan fingerprint density at radius 2 is 1.70 bits per heavy atom. The molecule has 1 fully saturated rings. The maximum absolute atomic E-state index is 12.5. The Hall–Kier alpha value is -2.68. The fourth-order valence-electron chi connectivity index (χ4n) is 3.70. The number of carbonyl (C=O) groups is 1. The minimum absolute atomic E-state index is 0.0513. The summed E-state index contributed by atoms with van der Waals surface area (Å²) in [5.41, 5.74) is 2.15. The van der Waals surface area contributed by atoms with Crippen molar-refractivity contribution in [2.75, 3.05) is 18.0 Å². The number of nitrogens with zero attached hydrogens (tertiary/aromatic N) is 2. The second-order valence-electron chi connectivity index (χ2n) is 8.72. The van der Waals surface area contributed by atoms with Gasteiger partial charge in [0.15, 0.2) is 0 Å². The van der Waals surface area contributed by atoms with Gasteiger partial charge in [0.25, 0.3) is 0 Å². The highest BCUT2D eigenvalue weighted by atomic mass is 16.1. The molecular weight excluding hydrogens is 332 g/mol. The highest BCUT2D eigenvalue weighted by molar-refractivity contribution is 5.96. The molecule has 3 nitrogen and oxygen atoms in total. The molecule has 0 aliphatic carbocycles. The van der Waals surface area contributed by atoms with Gasteiger partial charge in [-0.2, -0.15) is 0 Å². The third-order valence-corrected chi connectivity index (χ3v) is 5.13. The van der Waals surface area contributed by atoms with Crippen LogP contribution >= 0.6 is 0 Å². The van der Waals surface area contributed by atoms with Gasteiger partial charge in [-0.05, 0) is 16.9 Å². The highest BCUT2D eigenvalue weighted by Crippen LogP contribution is 2.34. The molecular formula is C24H26N2O. The van der Waals surface area contributed by atoms with E-state index < -0.39 is 0 Å². The molecule has 0 N–H and O–H groups in total. The van der Waals surface area contributed by atoms with Gasteiger partial charge >= 0.3 is 0 Å². The molecule has 0 radical (unpaired) electrons. The molecule has 0 bridgehead atoms. The van der Waals surface area contributed by atoms with Crippen LogP contribution in [-0.4, -0.2) is 23.9 Å². The first-order valence-corrected chi connectivity index (χ1v) is 9.64. The van der Waals surface area contributed by atoms with Crippen LogP contribution in [0, 0.1) is 11.3 Å². The Balaban J connectivity index is 1.63. The van der Waals surface area contributed by atoms with Gasteiger partial charge in [-0.25, -0.2) is 4.98 Å². The topological polar surface area (TPSA) is 33.2 Å². The number of anilines is 1.